The van der Waals surface area contributed by atoms with Gasteiger partial charge in [-0.2, -0.15) is 4.99 Å². The van der Waals surface area contributed by atoms with Crippen LogP contribution in [0.4, 0.5) is 4.79 Å². The highest BCUT2D eigenvalue weighted by Crippen LogP contribution is 2.25. The first-order chi connectivity index (χ1) is 7.41. The van der Waals surface area contributed by atoms with E-state index in [4.69, 9.17) is 0 Å². The number of hydrogen-bond acceptors (Lipinski definition) is 2. The molecular weight excluding hydrogens is 204 g/mol. The molecule has 0 aromatic heterocycles. The van der Waals surface area contributed by atoms with Gasteiger partial charge in [0.05, 0.1) is 11.6 Å². The topological polar surface area (TPSA) is 49.7 Å². The summed E-state index contributed by atoms with van der Waals surface area (Å²) in [5, 5.41) is 0. The fourth-order valence-corrected chi connectivity index (χ4v) is 1.86. The highest BCUT2D eigenvalue weighted by atomic mass is 16.2. The number of aliphatic imine (C=N–C) groups is 1. The Morgan fingerprint density at radius 1 is 1.25 bits per heavy atom. The van der Waals surface area contributed by atoms with Crippen LogP contribution in [0.25, 0.3) is 0 Å². The summed E-state index contributed by atoms with van der Waals surface area (Å²) in [5.41, 5.74) is 0.0102. The van der Waals surface area contributed by atoms with Gasteiger partial charge in [-0.25, -0.2) is 4.79 Å². The number of carbonyl (C=O) groups is 2. The van der Waals surface area contributed by atoms with Gasteiger partial charge in [0.25, 0.3) is 0 Å². The quantitative estimate of drug-likeness (QED) is 0.623. The number of imide groups is 1. The van der Waals surface area contributed by atoms with E-state index in [0.717, 1.165) is 0 Å². The van der Waals surface area contributed by atoms with Crippen molar-refractivity contribution in [3.8, 4) is 0 Å². The number of carbonyl (C=O) groups excluding carboxylic acids is 2. The van der Waals surface area contributed by atoms with Crippen LogP contribution in [0.5, 0.6) is 0 Å². The van der Waals surface area contributed by atoms with Crippen molar-refractivity contribution in [1.82, 2.24) is 4.90 Å². The third-order valence-electron chi connectivity index (χ3n) is 2.57. The van der Waals surface area contributed by atoms with E-state index in [-0.39, 0.29) is 5.91 Å². The van der Waals surface area contributed by atoms with Crippen molar-refractivity contribution in [1.29, 1.82) is 0 Å². The molecule has 1 aliphatic carbocycles. The molecule has 0 N–H and O–H groups in total. The zero-order valence-corrected chi connectivity index (χ0v) is 9.60. The van der Waals surface area contributed by atoms with Gasteiger partial charge < -0.3 is 0 Å². The van der Waals surface area contributed by atoms with Crippen molar-refractivity contribution < 1.29 is 9.59 Å². The summed E-state index contributed by atoms with van der Waals surface area (Å²) < 4.78 is 0. The molecule has 2 rings (SSSR count). The highest BCUT2D eigenvalue weighted by Gasteiger charge is 2.41. The van der Waals surface area contributed by atoms with Gasteiger partial charge in [0.2, 0.25) is 5.91 Å². The summed E-state index contributed by atoms with van der Waals surface area (Å²) in [6, 6.07) is -0.469. The Morgan fingerprint density at radius 3 is 2.56 bits per heavy atom. The molecule has 0 spiro atoms. The second-order valence-corrected chi connectivity index (χ2v) is 4.89. The van der Waals surface area contributed by atoms with Crippen molar-refractivity contribution in [2.24, 2.45) is 10.9 Å². The van der Waals surface area contributed by atoms with E-state index in [1.807, 2.05) is 20.8 Å². The van der Waals surface area contributed by atoms with Gasteiger partial charge in [-0.05, 0) is 26.8 Å². The molecule has 4 nitrogen and oxygen atoms in total. The van der Waals surface area contributed by atoms with Crippen molar-refractivity contribution in [2.75, 3.05) is 0 Å². The normalized spacial score (nSPS) is 24.6. The van der Waals surface area contributed by atoms with Crippen molar-refractivity contribution in [3.63, 3.8) is 0 Å². The predicted molar refractivity (Wildman–Crippen MR) is 61.2 cm³/mol. The maximum Gasteiger partial charge on any atom is 0.351 e. The second-order valence-electron chi connectivity index (χ2n) is 4.89. The van der Waals surface area contributed by atoms with Crippen LogP contribution in [-0.4, -0.2) is 28.1 Å². The van der Waals surface area contributed by atoms with Crippen LogP contribution in [0.2, 0.25) is 0 Å². The minimum Gasteiger partial charge on any atom is -0.273 e. The lowest BCUT2D eigenvalue weighted by Gasteiger charge is -2.37. The lowest BCUT2D eigenvalue weighted by molar-refractivity contribution is -0.133. The molecule has 84 valence electrons. The van der Waals surface area contributed by atoms with Crippen LogP contribution in [0, 0.1) is 5.92 Å². The van der Waals surface area contributed by atoms with Crippen LogP contribution in [0.15, 0.2) is 29.3 Å². The van der Waals surface area contributed by atoms with Crippen LogP contribution >= 0.6 is 0 Å². The smallest absolute Gasteiger partial charge is 0.273 e. The Morgan fingerprint density at radius 2 is 1.94 bits per heavy atom. The van der Waals surface area contributed by atoms with Crippen LogP contribution in [0.1, 0.15) is 20.8 Å². The van der Waals surface area contributed by atoms with E-state index in [0.29, 0.717) is 5.71 Å². The van der Waals surface area contributed by atoms with E-state index in [1.165, 1.54) is 4.90 Å². The number of hydrogen-bond donors (Lipinski definition) is 0. The van der Waals surface area contributed by atoms with Crippen LogP contribution < -0.4 is 0 Å². The highest BCUT2D eigenvalue weighted by molar-refractivity contribution is 6.21. The molecular formula is C12H14N2O2. The van der Waals surface area contributed by atoms with E-state index in [9.17, 15) is 9.59 Å². The molecule has 0 bridgehead atoms. The minimum absolute atomic E-state index is 0.192. The van der Waals surface area contributed by atoms with Crippen molar-refractivity contribution in [3.05, 3.63) is 24.3 Å². The summed E-state index contributed by atoms with van der Waals surface area (Å²) in [7, 11) is 0. The first-order valence-corrected chi connectivity index (χ1v) is 5.23. The van der Waals surface area contributed by atoms with Gasteiger partial charge in [-0.3, -0.25) is 9.69 Å². The molecule has 4 heteroatoms. The first-order valence-electron chi connectivity index (χ1n) is 5.23. The van der Waals surface area contributed by atoms with Crippen molar-refractivity contribution >= 4 is 17.6 Å². The predicted octanol–water partition coefficient (Wildman–Crippen LogP) is 1.93. The molecule has 1 unspecified atom stereocenters. The number of fused-ring (bicyclic) bond motifs is 1. The monoisotopic (exact) mass is 218 g/mol. The molecule has 0 saturated heterocycles. The molecule has 16 heavy (non-hydrogen) atoms. The minimum atomic E-state index is -0.530. The average Bonchev–Trinajstić information content (AvgIpc) is 2.15. The molecule has 0 saturated carbocycles. The molecule has 3 amide bonds. The Hall–Kier alpha value is -1.71. The maximum atomic E-state index is 12.2. The number of urea groups is 1. The number of rotatable bonds is 0. The van der Waals surface area contributed by atoms with Gasteiger partial charge >= 0.3 is 6.03 Å². The van der Waals surface area contributed by atoms with E-state index in [1.54, 1.807) is 24.3 Å². The second kappa shape index (κ2) is 3.40. The molecule has 1 heterocycles. The lowest BCUT2D eigenvalue weighted by Crippen LogP contribution is -2.54. The SMILES string of the molecule is CC(C)(C)N1C(=O)N=C2C=CC=CC2C1=O. The standard InChI is InChI=1S/C12H14N2O2/c1-12(2,3)14-10(15)8-6-4-5-7-9(8)13-11(14)16/h4-8H,1-3H3. The van der Waals surface area contributed by atoms with Crippen molar-refractivity contribution in [2.45, 2.75) is 26.3 Å². The Bertz CT molecular complexity index is 438. The largest absolute Gasteiger partial charge is 0.351 e. The summed E-state index contributed by atoms with van der Waals surface area (Å²) in [4.78, 5) is 29.1. The maximum absolute atomic E-state index is 12.2. The van der Waals surface area contributed by atoms with E-state index in [2.05, 4.69) is 4.99 Å². The van der Waals surface area contributed by atoms with E-state index < -0.39 is 17.5 Å². The van der Waals surface area contributed by atoms with Gasteiger partial charge in [-0.1, -0.05) is 18.2 Å². The molecule has 1 atom stereocenters. The van der Waals surface area contributed by atoms with Gasteiger partial charge in [0.1, 0.15) is 0 Å². The summed E-state index contributed by atoms with van der Waals surface area (Å²) in [6.07, 6.45) is 7.06. The molecule has 0 radical (unpaired) electrons. The Labute approximate surface area is 94.3 Å². The fourth-order valence-electron chi connectivity index (χ4n) is 1.86. The fraction of sp³-hybridized carbons (Fsp3) is 0.417. The summed E-state index contributed by atoms with van der Waals surface area (Å²) >= 11 is 0. The third-order valence-corrected chi connectivity index (χ3v) is 2.57. The molecule has 0 aromatic carbocycles. The summed E-state index contributed by atoms with van der Waals surface area (Å²) in [6.45, 7) is 5.48. The van der Waals surface area contributed by atoms with Crippen LogP contribution in [0.3, 0.4) is 0 Å². The first kappa shape index (κ1) is 10.8. The van der Waals surface area contributed by atoms with Crippen LogP contribution in [-0.2, 0) is 4.79 Å². The lowest BCUT2D eigenvalue weighted by atomic mass is 9.93. The Kier molecular flexibility index (Phi) is 2.30. The van der Waals surface area contributed by atoms with E-state index >= 15 is 0 Å². The number of allylic oxidation sites excluding steroid dienone is 3. The number of nitrogens with zero attached hydrogens (tertiary/aromatic N) is 2. The number of amides is 3. The van der Waals surface area contributed by atoms with Gasteiger partial charge in [0, 0.05) is 5.54 Å². The van der Waals surface area contributed by atoms with Gasteiger partial charge in [-0.15, -0.1) is 0 Å². The molecule has 0 aromatic rings. The average molecular weight is 218 g/mol. The zero-order valence-electron chi connectivity index (χ0n) is 9.60. The Balaban J connectivity index is 2.45. The van der Waals surface area contributed by atoms with Gasteiger partial charge in [0.15, 0.2) is 0 Å². The molecule has 1 aliphatic heterocycles. The molecule has 2 aliphatic rings. The third kappa shape index (κ3) is 1.60. The molecule has 0 fully saturated rings. The zero-order chi connectivity index (χ0) is 11.9. The summed E-state index contributed by atoms with van der Waals surface area (Å²) in [5.74, 6) is -0.593.